The van der Waals surface area contributed by atoms with Crippen LogP contribution in [-0.2, 0) is 29.6 Å². The number of ether oxygens (including phenoxy) is 2. The summed E-state index contributed by atoms with van der Waals surface area (Å²) in [4.78, 5) is 13.5. The molecule has 4 N–H and O–H groups in total. The molecule has 272 valence electrons. The van der Waals surface area contributed by atoms with Crippen molar-refractivity contribution in [3.8, 4) is 16.9 Å². The van der Waals surface area contributed by atoms with Crippen LogP contribution in [0.2, 0.25) is 0 Å². The van der Waals surface area contributed by atoms with Crippen LogP contribution >= 0.6 is 0 Å². The molecule has 0 bridgehead atoms. The summed E-state index contributed by atoms with van der Waals surface area (Å²) >= 11 is 0. The van der Waals surface area contributed by atoms with Gasteiger partial charge in [0.2, 0.25) is 26.0 Å². The smallest absolute Gasteiger partial charge is 0.243 e. The molecule has 0 aromatic heterocycles. The van der Waals surface area contributed by atoms with Crippen molar-refractivity contribution in [1.29, 1.82) is 0 Å². The van der Waals surface area contributed by atoms with E-state index >= 15 is 0 Å². The molecule has 0 aliphatic carbocycles. The SMILES string of the molecule is CNS(=O)(=O)c1cccc(OC[C@@H](O)CNC2COC3(CCN(S(=O)(=O)c4cccc(-c5ccc(N(C)CCNC(C)=O)cc5)c4)CC3)C2)c1. The average Bonchev–Trinajstić information content (AvgIpc) is 3.51. The number of amides is 1. The second-order valence-electron chi connectivity index (χ2n) is 12.8. The van der Waals surface area contributed by atoms with E-state index in [2.05, 4.69) is 15.4 Å². The first-order chi connectivity index (χ1) is 23.8. The van der Waals surface area contributed by atoms with Crippen LogP contribution in [0, 0.1) is 0 Å². The average molecular weight is 730 g/mol. The van der Waals surface area contributed by atoms with Gasteiger partial charge in [-0.1, -0.05) is 30.3 Å². The normalized spacial score (nSPS) is 18.5. The highest BCUT2D eigenvalue weighted by Crippen LogP contribution is 2.38. The van der Waals surface area contributed by atoms with Gasteiger partial charge in [-0.05, 0) is 73.8 Å². The Morgan fingerprint density at radius 2 is 1.72 bits per heavy atom. The molecular weight excluding hydrogens is 683 g/mol. The predicted molar refractivity (Wildman–Crippen MR) is 191 cm³/mol. The van der Waals surface area contributed by atoms with Crippen LogP contribution < -0.4 is 25.0 Å². The van der Waals surface area contributed by atoms with Crippen molar-refractivity contribution in [1.82, 2.24) is 19.7 Å². The number of anilines is 1. The molecule has 2 atom stereocenters. The molecule has 15 heteroatoms. The van der Waals surface area contributed by atoms with Gasteiger partial charge < -0.3 is 30.1 Å². The highest BCUT2D eigenvalue weighted by atomic mass is 32.2. The summed E-state index contributed by atoms with van der Waals surface area (Å²) in [5.74, 6) is 0.275. The van der Waals surface area contributed by atoms with Gasteiger partial charge in [0.05, 0.1) is 22.0 Å². The van der Waals surface area contributed by atoms with E-state index in [4.69, 9.17) is 9.47 Å². The van der Waals surface area contributed by atoms with Crippen molar-refractivity contribution >= 4 is 31.6 Å². The first-order valence-corrected chi connectivity index (χ1v) is 19.6. The molecule has 5 rings (SSSR count). The molecule has 13 nitrogen and oxygen atoms in total. The maximum absolute atomic E-state index is 13.7. The molecule has 3 aromatic carbocycles. The summed E-state index contributed by atoms with van der Waals surface area (Å²) in [5, 5.41) is 16.6. The number of benzene rings is 3. The van der Waals surface area contributed by atoms with Gasteiger partial charge in [-0.25, -0.2) is 21.6 Å². The number of nitrogens with zero attached hydrogens (tertiary/aromatic N) is 2. The lowest BCUT2D eigenvalue weighted by Gasteiger charge is -2.38. The highest BCUT2D eigenvalue weighted by Gasteiger charge is 2.44. The lowest BCUT2D eigenvalue weighted by Crippen LogP contribution is -2.47. The van der Waals surface area contributed by atoms with E-state index in [0.717, 1.165) is 16.8 Å². The molecule has 2 heterocycles. The van der Waals surface area contributed by atoms with Gasteiger partial charge in [0, 0.05) is 64.5 Å². The second-order valence-corrected chi connectivity index (χ2v) is 16.7. The molecule has 2 saturated heterocycles. The number of sulfonamides is 2. The number of aliphatic hydroxyl groups is 1. The Labute approximate surface area is 295 Å². The van der Waals surface area contributed by atoms with Crippen LogP contribution in [-0.4, -0.2) is 110 Å². The molecule has 1 amide bonds. The molecule has 50 heavy (non-hydrogen) atoms. The van der Waals surface area contributed by atoms with E-state index in [-0.39, 0.29) is 34.9 Å². The van der Waals surface area contributed by atoms with Crippen molar-refractivity contribution < 1.29 is 36.2 Å². The van der Waals surface area contributed by atoms with Gasteiger partial charge in [0.25, 0.3) is 0 Å². The number of likely N-dealkylation sites (N-methyl/N-ethyl adjacent to an activating group) is 1. The van der Waals surface area contributed by atoms with Gasteiger partial charge >= 0.3 is 0 Å². The maximum Gasteiger partial charge on any atom is 0.243 e. The Balaban J connectivity index is 1.10. The van der Waals surface area contributed by atoms with Crippen molar-refractivity contribution in [2.75, 3.05) is 64.9 Å². The third kappa shape index (κ3) is 9.40. The van der Waals surface area contributed by atoms with Crippen molar-refractivity contribution in [3.05, 3.63) is 72.8 Å². The predicted octanol–water partition coefficient (Wildman–Crippen LogP) is 2.18. The lowest BCUT2D eigenvalue weighted by molar-refractivity contribution is -0.118. The molecule has 2 aliphatic heterocycles. The number of piperidine rings is 1. The first kappa shape index (κ1) is 37.7. The summed E-state index contributed by atoms with van der Waals surface area (Å²) in [7, 11) is -4.03. The van der Waals surface area contributed by atoms with E-state index in [9.17, 15) is 26.7 Å². The number of nitrogens with one attached hydrogen (secondary N) is 3. The van der Waals surface area contributed by atoms with Crippen molar-refractivity contribution in [2.45, 2.75) is 53.7 Å². The Morgan fingerprint density at radius 1 is 1.02 bits per heavy atom. The summed E-state index contributed by atoms with van der Waals surface area (Å²) < 4.78 is 67.2. The minimum Gasteiger partial charge on any atom is -0.491 e. The molecule has 1 unspecified atom stereocenters. The number of hydrogen-bond acceptors (Lipinski definition) is 10. The Kier molecular flexibility index (Phi) is 12.2. The molecule has 1 spiro atoms. The van der Waals surface area contributed by atoms with Crippen molar-refractivity contribution in [3.63, 3.8) is 0 Å². The molecular formula is C35H47N5O8S2. The minimum atomic E-state index is -3.72. The zero-order valence-electron chi connectivity index (χ0n) is 28.7. The molecule has 0 saturated carbocycles. The van der Waals surface area contributed by atoms with Gasteiger partial charge in [-0.2, -0.15) is 4.31 Å². The summed E-state index contributed by atoms with van der Waals surface area (Å²) in [6.45, 7) is 4.08. The Hall–Kier alpha value is -3.57. The van der Waals surface area contributed by atoms with Crippen LogP contribution in [0.1, 0.15) is 26.2 Å². The van der Waals surface area contributed by atoms with Crippen molar-refractivity contribution in [2.24, 2.45) is 0 Å². The number of hydrogen-bond donors (Lipinski definition) is 4. The zero-order valence-corrected chi connectivity index (χ0v) is 30.3. The standard InChI is InChI=1S/C35H47N5O8S2/c1-26(41)37-16-19-39(3)30-12-10-27(11-13-30)28-6-4-9-34(20-28)50(45,46)40-17-14-35(15-18-40)22-29(24-48-35)38-23-31(42)25-47-32-7-5-8-33(21-32)49(43,44)36-2/h4-13,20-21,29,31,36,38,42H,14-19,22-25H2,1-3H3,(H,37,41)/t29?,31-/m0/s1. The summed E-state index contributed by atoms with van der Waals surface area (Å²) in [6.07, 6.45) is 1.00. The molecule has 0 radical (unpaired) electrons. The minimum absolute atomic E-state index is 0.00280. The van der Waals surface area contributed by atoms with Crippen LogP contribution in [0.25, 0.3) is 11.1 Å². The molecule has 2 fully saturated rings. The number of carbonyl (C=O) groups is 1. The third-order valence-electron chi connectivity index (χ3n) is 9.25. The van der Waals surface area contributed by atoms with Gasteiger partial charge in [-0.15, -0.1) is 0 Å². The summed E-state index contributed by atoms with van der Waals surface area (Å²) in [6, 6.07) is 21.0. The van der Waals surface area contributed by atoms with E-state index in [1.165, 1.54) is 30.4 Å². The number of rotatable bonds is 15. The van der Waals surface area contributed by atoms with Gasteiger partial charge in [0.15, 0.2) is 0 Å². The third-order valence-corrected chi connectivity index (χ3v) is 12.6. The van der Waals surface area contributed by atoms with Crippen LogP contribution in [0.4, 0.5) is 5.69 Å². The van der Waals surface area contributed by atoms with Gasteiger partial charge in [0.1, 0.15) is 18.5 Å². The van der Waals surface area contributed by atoms with E-state index in [1.54, 1.807) is 30.3 Å². The Morgan fingerprint density at radius 3 is 2.42 bits per heavy atom. The fourth-order valence-electron chi connectivity index (χ4n) is 6.28. The van der Waals surface area contributed by atoms with Crippen LogP contribution in [0.15, 0.2) is 82.6 Å². The van der Waals surface area contributed by atoms with Crippen LogP contribution in [0.3, 0.4) is 0 Å². The second kappa shape index (κ2) is 16.2. The van der Waals surface area contributed by atoms with Gasteiger partial charge in [-0.3, -0.25) is 4.79 Å². The lowest BCUT2D eigenvalue weighted by atomic mass is 9.88. The number of carbonyl (C=O) groups excluding carboxylic acids is 1. The quantitative estimate of drug-likeness (QED) is 0.182. The van der Waals surface area contributed by atoms with E-state index in [1.807, 2.05) is 42.3 Å². The molecule has 2 aliphatic rings. The molecule has 3 aromatic rings. The van der Waals surface area contributed by atoms with E-state index in [0.29, 0.717) is 57.8 Å². The Bertz CT molecular complexity index is 1830. The highest BCUT2D eigenvalue weighted by molar-refractivity contribution is 7.89. The topological polar surface area (TPSA) is 167 Å². The number of aliphatic hydroxyl groups excluding tert-OH is 1. The largest absolute Gasteiger partial charge is 0.491 e. The fraction of sp³-hybridized carbons (Fsp3) is 0.457. The first-order valence-electron chi connectivity index (χ1n) is 16.7. The fourth-order valence-corrected chi connectivity index (χ4v) is 8.54. The monoisotopic (exact) mass is 729 g/mol. The zero-order chi connectivity index (χ0) is 35.9. The van der Waals surface area contributed by atoms with Crippen LogP contribution in [0.5, 0.6) is 5.75 Å². The summed E-state index contributed by atoms with van der Waals surface area (Å²) in [5.41, 5.74) is 2.28. The van der Waals surface area contributed by atoms with E-state index < -0.39 is 31.8 Å². The maximum atomic E-state index is 13.7.